The van der Waals surface area contributed by atoms with Crippen LogP contribution < -0.4 is 10.5 Å². The highest BCUT2D eigenvalue weighted by molar-refractivity contribution is 5.83. The van der Waals surface area contributed by atoms with Gasteiger partial charge in [0.2, 0.25) is 0 Å². The number of H-pyrrole nitrogens is 1. The SMILES string of the molecule is NC(=O)N1CCC(Oc2ccc(F)cc2)CC1.O=C(O)CCc1c[nH]c2ccccc12. The lowest BCUT2D eigenvalue weighted by atomic mass is 10.1. The molecule has 1 fully saturated rings. The number of carboxylic acid groups (broad SMARTS) is 1. The maximum absolute atomic E-state index is 12.7. The fourth-order valence-electron chi connectivity index (χ4n) is 3.48. The molecule has 2 heterocycles. The Labute approximate surface area is 179 Å². The molecule has 0 spiro atoms. The van der Waals surface area contributed by atoms with Gasteiger partial charge in [0, 0.05) is 49.5 Å². The summed E-state index contributed by atoms with van der Waals surface area (Å²) in [6.07, 6.45) is 4.21. The van der Waals surface area contributed by atoms with Gasteiger partial charge < -0.3 is 25.5 Å². The summed E-state index contributed by atoms with van der Waals surface area (Å²) in [4.78, 5) is 26.1. The molecule has 0 radical (unpaired) electrons. The monoisotopic (exact) mass is 427 g/mol. The van der Waals surface area contributed by atoms with E-state index in [9.17, 15) is 14.0 Å². The Hall–Kier alpha value is -3.55. The molecule has 8 heteroatoms. The number of benzene rings is 2. The number of hydrogen-bond acceptors (Lipinski definition) is 3. The number of rotatable bonds is 5. The number of urea groups is 1. The number of nitrogens with two attached hydrogens (primary N) is 1. The Morgan fingerprint density at radius 2 is 1.81 bits per heavy atom. The predicted octanol–water partition coefficient (Wildman–Crippen LogP) is 3.93. The number of carbonyl (C=O) groups excluding carboxylic acids is 1. The highest BCUT2D eigenvalue weighted by atomic mass is 19.1. The van der Waals surface area contributed by atoms with Crippen molar-refractivity contribution in [2.45, 2.75) is 31.8 Å². The predicted molar refractivity (Wildman–Crippen MR) is 115 cm³/mol. The second-order valence-corrected chi connectivity index (χ2v) is 7.35. The molecule has 2 aromatic carbocycles. The number of para-hydroxylation sites is 1. The van der Waals surface area contributed by atoms with Crippen molar-refractivity contribution in [2.75, 3.05) is 13.1 Å². The number of aromatic nitrogens is 1. The van der Waals surface area contributed by atoms with Crippen LogP contribution >= 0.6 is 0 Å². The molecule has 0 aliphatic carbocycles. The number of piperidine rings is 1. The number of nitrogens with zero attached hydrogens (tertiary/aromatic N) is 1. The van der Waals surface area contributed by atoms with E-state index in [2.05, 4.69) is 4.98 Å². The van der Waals surface area contributed by atoms with E-state index in [4.69, 9.17) is 15.6 Å². The fourth-order valence-corrected chi connectivity index (χ4v) is 3.48. The highest BCUT2D eigenvalue weighted by Crippen LogP contribution is 2.20. The van der Waals surface area contributed by atoms with E-state index in [0.29, 0.717) is 25.3 Å². The maximum atomic E-state index is 12.7. The van der Waals surface area contributed by atoms with E-state index in [0.717, 1.165) is 29.3 Å². The van der Waals surface area contributed by atoms with Crippen LogP contribution in [-0.4, -0.2) is 46.2 Å². The molecule has 0 atom stereocenters. The quantitative estimate of drug-likeness (QED) is 0.573. The molecule has 164 valence electrons. The number of aromatic amines is 1. The minimum atomic E-state index is -0.754. The van der Waals surface area contributed by atoms with Gasteiger partial charge in [-0.15, -0.1) is 0 Å². The summed E-state index contributed by atoms with van der Waals surface area (Å²) in [5.74, 6) is -0.375. The minimum absolute atomic E-state index is 0.0658. The van der Waals surface area contributed by atoms with Gasteiger partial charge in [0.1, 0.15) is 17.7 Å². The summed E-state index contributed by atoms with van der Waals surface area (Å²) >= 11 is 0. The van der Waals surface area contributed by atoms with Crippen LogP contribution in [0, 0.1) is 5.82 Å². The zero-order valence-corrected chi connectivity index (χ0v) is 17.1. The Kier molecular flexibility index (Phi) is 7.48. The number of likely N-dealkylation sites (tertiary alicyclic amines) is 1. The number of aryl methyl sites for hydroxylation is 1. The summed E-state index contributed by atoms with van der Waals surface area (Å²) in [5, 5.41) is 9.69. The molecule has 7 nitrogen and oxygen atoms in total. The van der Waals surface area contributed by atoms with Crippen molar-refractivity contribution in [3.8, 4) is 5.75 Å². The Balaban J connectivity index is 0.000000179. The van der Waals surface area contributed by atoms with Crippen LogP contribution in [0.3, 0.4) is 0 Å². The van der Waals surface area contributed by atoms with Crippen LogP contribution in [0.15, 0.2) is 54.7 Å². The first-order valence-electron chi connectivity index (χ1n) is 10.2. The summed E-state index contributed by atoms with van der Waals surface area (Å²) in [7, 11) is 0. The van der Waals surface area contributed by atoms with Gasteiger partial charge in [-0.05, 0) is 42.3 Å². The molecule has 3 aromatic rings. The van der Waals surface area contributed by atoms with Crippen molar-refractivity contribution in [3.63, 3.8) is 0 Å². The first-order chi connectivity index (χ1) is 14.9. The first kappa shape index (κ1) is 22.1. The van der Waals surface area contributed by atoms with Crippen molar-refractivity contribution < 1.29 is 23.8 Å². The number of ether oxygens (including phenoxy) is 1. The summed E-state index contributed by atoms with van der Waals surface area (Å²) in [5.41, 5.74) is 7.32. The van der Waals surface area contributed by atoms with Crippen molar-refractivity contribution in [1.82, 2.24) is 9.88 Å². The number of halogens is 1. The van der Waals surface area contributed by atoms with Crippen LogP contribution in [0.25, 0.3) is 10.9 Å². The van der Waals surface area contributed by atoms with Crippen molar-refractivity contribution in [3.05, 3.63) is 66.1 Å². The third-order valence-electron chi connectivity index (χ3n) is 5.15. The van der Waals surface area contributed by atoms with Crippen LogP contribution in [0.5, 0.6) is 5.75 Å². The normalized spacial score (nSPS) is 14.0. The minimum Gasteiger partial charge on any atom is -0.490 e. The summed E-state index contributed by atoms with van der Waals surface area (Å²) in [6, 6.07) is 13.5. The average Bonchev–Trinajstić information content (AvgIpc) is 3.18. The second kappa shape index (κ2) is 10.5. The molecular formula is C23H26FN3O4. The maximum Gasteiger partial charge on any atom is 0.314 e. The van der Waals surface area contributed by atoms with Gasteiger partial charge in [0.15, 0.2) is 0 Å². The topological polar surface area (TPSA) is 109 Å². The van der Waals surface area contributed by atoms with Gasteiger partial charge >= 0.3 is 12.0 Å². The van der Waals surface area contributed by atoms with Gasteiger partial charge in [-0.3, -0.25) is 4.79 Å². The van der Waals surface area contributed by atoms with Crippen LogP contribution in [0.1, 0.15) is 24.8 Å². The van der Waals surface area contributed by atoms with E-state index in [1.165, 1.54) is 12.1 Å². The Morgan fingerprint density at radius 3 is 2.45 bits per heavy atom. The second-order valence-electron chi connectivity index (χ2n) is 7.35. The summed E-state index contributed by atoms with van der Waals surface area (Å²) in [6.45, 7) is 1.22. The van der Waals surface area contributed by atoms with Crippen molar-refractivity contribution in [2.24, 2.45) is 5.73 Å². The molecule has 0 bridgehead atoms. The van der Waals surface area contributed by atoms with Crippen molar-refractivity contribution in [1.29, 1.82) is 0 Å². The van der Waals surface area contributed by atoms with Crippen LogP contribution in [-0.2, 0) is 11.2 Å². The smallest absolute Gasteiger partial charge is 0.314 e. The Morgan fingerprint density at radius 1 is 1.13 bits per heavy atom. The molecule has 2 amide bonds. The molecule has 31 heavy (non-hydrogen) atoms. The molecule has 0 unspecified atom stereocenters. The molecule has 1 aromatic heterocycles. The molecule has 4 rings (SSSR count). The lowest BCUT2D eigenvalue weighted by molar-refractivity contribution is -0.136. The fraction of sp³-hybridized carbons (Fsp3) is 0.304. The lowest BCUT2D eigenvalue weighted by Crippen LogP contribution is -2.44. The third kappa shape index (κ3) is 6.47. The number of amides is 2. The number of hydrogen-bond donors (Lipinski definition) is 3. The molecule has 1 aliphatic heterocycles. The number of nitrogens with one attached hydrogen (secondary N) is 1. The van der Waals surface area contributed by atoms with E-state index in [-0.39, 0.29) is 24.4 Å². The largest absolute Gasteiger partial charge is 0.490 e. The van der Waals surface area contributed by atoms with E-state index in [1.807, 2.05) is 30.5 Å². The van der Waals surface area contributed by atoms with Crippen molar-refractivity contribution >= 4 is 22.9 Å². The van der Waals surface area contributed by atoms with Crippen LogP contribution in [0.4, 0.5) is 9.18 Å². The number of carboxylic acids is 1. The van der Waals surface area contributed by atoms with Gasteiger partial charge in [0.25, 0.3) is 0 Å². The van der Waals surface area contributed by atoms with E-state index < -0.39 is 5.97 Å². The Bertz CT molecular complexity index is 1010. The third-order valence-corrected chi connectivity index (χ3v) is 5.15. The summed E-state index contributed by atoms with van der Waals surface area (Å²) < 4.78 is 18.4. The van der Waals surface area contributed by atoms with Gasteiger partial charge in [-0.2, -0.15) is 0 Å². The number of carbonyl (C=O) groups is 2. The standard InChI is InChI=1S/C12H15FN2O2.C11H11NO2/c13-9-1-3-10(4-2-9)17-11-5-7-15(8-6-11)12(14)16;13-11(14)6-5-8-7-12-10-4-2-1-3-9(8)10/h1-4,11H,5-8H2,(H2,14,16);1-4,7,12H,5-6H2,(H,13,14). The van der Waals surface area contributed by atoms with E-state index >= 15 is 0 Å². The zero-order chi connectivity index (χ0) is 22.2. The molecule has 4 N–H and O–H groups in total. The van der Waals surface area contributed by atoms with Gasteiger partial charge in [-0.25, -0.2) is 9.18 Å². The number of primary amides is 1. The van der Waals surface area contributed by atoms with Gasteiger partial charge in [0.05, 0.1) is 0 Å². The highest BCUT2D eigenvalue weighted by Gasteiger charge is 2.22. The zero-order valence-electron chi connectivity index (χ0n) is 17.1. The first-order valence-corrected chi connectivity index (χ1v) is 10.2. The number of aliphatic carboxylic acids is 1. The molecular weight excluding hydrogens is 401 g/mol. The molecule has 0 saturated carbocycles. The van der Waals surface area contributed by atoms with Crippen LogP contribution in [0.2, 0.25) is 0 Å². The van der Waals surface area contributed by atoms with Gasteiger partial charge in [-0.1, -0.05) is 18.2 Å². The molecule has 1 saturated heterocycles. The average molecular weight is 427 g/mol. The molecule has 1 aliphatic rings. The lowest BCUT2D eigenvalue weighted by Gasteiger charge is -2.30. The number of fused-ring (bicyclic) bond motifs is 1. The van der Waals surface area contributed by atoms with E-state index in [1.54, 1.807) is 17.0 Å².